The van der Waals surface area contributed by atoms with Gasteiger partial charge in [0.2, 0.25) is 5.91 Å². The number of aromatic nitrogens is 1. The Morgan fingerprint density at radius 1 is 1.53 bits per heavy atom. The predicted octanol–water partition coefficient (Wildman–Crippen LogP) is 2.10. The van der Waals surface area contributed by atoms with E-state index in [2.05, 4.69) is 21.7 Å². The number of anilines is 1. The monoisotopic (exact) mass is 273 g/mol. The van der Waals surface area contributed by atoms with E-state index >= 15 is 0 Å². The minimum absolute atomic E-state index is 0.0315. The number of para-hydroxylation sites is 1. The Bertz CT molecular complexity index is 583. The molecule has 5 heteroatoms. The maximum absolute atomic E-state index is 12.1. The summed E-state index contributed by atoms with van der Waals surface area (Å²) >= 11 is 1.58. The van der Waals surface area contributed by atoms with E-state index in [-0.39, 0.29) is 11.9 Å². The summed E-state index contributed by atoms with van der Waals surface area (Å²) in [5, 5.41) is 9.12. The normalized spacial score (nSPS) is 16.8. The van der Waals surface area contributed by atoms with Crippen LogP contribution in [0.25, 0.3) is 0 Å². The number of aryl methyl sites for hydroxylation is 1. The molecule has 0 spiro atoms. The zero-order valence-corrected chi connectivity index (χ0v) is 11.5. The van der Waals surface area contributed by atoms with Gasteiger partial charge in [-0.2, -0.15) is 0 Å². The van der Waals surface area contributed by atoms with Crippen molar-refractivity contribution in [1.29, 1.82) is 0 Å². The number of hydrogen-bond acceptors (Lipinski definition) is 4. The van der Waals surface area contributed by atoms with Gasteiger partial charge in [-0.05, 0) is 18.6 Å². The lowest BCUT2D eigenvalue weighted by atomic mass is 10.1. The predicted molar refractivity (Wildman–Crippen MR) is 76.3 cm³/mol. The van der Waals surface area contributed by atoms with Gasteiger partial charge in [-0.3, -0.25) is 4.79 Å². The van der Waals surface area contributed by atoms with Crippen molar-refractivity contribution in [2.75, 3.05) is 5.32 Å². The number of thiazole rings is 1. The van der Waals surface area contributed by atoms with Crippen LogP contribution >= 0.6 is 11.3 Å². The van der Waals surface area contributed by atoms with Gasteiger partial charge < -0.3 is 10.6 Å². The largest absolute Gasteiger partial charge is 0.373 e. The van der Waals surface area contributed by atoms with Crippen LogP contribution in [0.4, 0.5) is 5.69 Å². The molecule has 1 amide bonds. The molecule has 0 radical (unpaired) electrons. The number of rotatable bonds is 3. The van der Waals surface area contributed by atoms with E-state index in [0.29, 0.717) is 6.54 Å². The molecule has 1 aliphatic heterocycles. The van der Waals surface area contributed by atoms with Crippen molar-refractivity contribution in [3.63, 3.8) is 0 Å². The van der Waals surface area contributed by atoms with E-state index in [1.807, 2.05) is 30.5 Å². The van der Waals surface area contributed by atoms with Crippen molar-refractivity contribution >= 4 is 22.9 Å². The molecule has 1 atom stereocenters. The van der Waals surface area contributed by atoms with E-state index < -0.39 is 0 Å². The van der Waals surface area contributed by atoms with Crippen LogP contribution < -0.4 is 10.6 Å². The summed E-state index contributed by atoms with van der Waals surface area (Å²) in [5.74, 6) is 0.0315. The summed E-state index contributed by atoms with van der Waals surface area (Å²) in [6, 6.07) is 7.87. The Balaban J connectivity index is 1.58. The topological polar surface area (TPSA) is 54.0 Å². The highest BCUT2D eigenvalue weighted by molar-refractivity contribution is 7.09. The van der Waals surface area contributed by atoms with Crippen LogP contribution in [0.3, 0.4) is 0 Å². The van der Waals surface area contributed by atoms with Crippen molar-refractivity contribution in [1.82, 2.24) is 10.3 Å². The highest BCUT2D eigenvalue weighted by Crippen LogP contribution is 2.25. The fourth-order valence-electron chi connectivity index (χ4n) is 2.23. The number of carbonyl (C=O) groups excluding carboxylic acids is 1. The number of nitrogens with zero attached hydrogens (tertiary/aromatic N) is 1. The first-order valence-corrected chi connectivity index (χ1v) is 7.13. The molecule has 1 aliphatic rings. The fourth-order valence-corrected chi connectivity index (χ4v) is 2.94. The molecule has 19 heavy (non-hydrogen) atoms. The van der Waals surface area contributed by atoms with Crippen molar-refractivity contribution in [3.05, 3.63) is 45.9 Å². The molecule has 0 bridgehead atoms. The Labute approximate surface area is 115 Å². The third kappa shape index (κ3) is 2.61. The van der Waals surface area contributed by atoms with E-state index in [0.717, 1.165) is 22.8 Å². The number of hydrogen-bond donors (Lipinski definition) is 2. The molecular formula is C14H15N3OS. The summed E-state index contributed by atoms with van der Waals surface area (Å²) in [7, 11) is 0. The van der Waals surface area contributed by atoms with Gasteiger partial charge in [0.25, 0.3) is 0 Å². The van der Waals surface area contributed by atoms with Crippen LogP contribution in [0.15, 0.2) is 29.6 Å². The third-order valence-corrected chi connectivity index (χ3v) is 4.13. The smallest absolute Gasteiger partial charge is 0.243 e. The molecule has 4 nitrogen and oxygen atoms in total. The van der Waals surface area contributed by atoms with Gasteiger partial charge in [0, 0.05) is 23.2 Å². The molecule has 1 aromatic carbocycles. The first-order chi connectivity index (χ1) is 9.22. The lowest BCUT2D eigenvalue weighted by Crippen LogP contribution is -2.38. The summed E-state index contributed by atoms with van der Waals surface area (Å²) < 4.78 is 0. The van der Waals surface area contributed by atoms with E-state index in [9.17, 15) is 4.79 Å². The highest BCUT2D eigenvalue weighted by atomic mass is 32.1. The number of carbonyl (C=O) groups is 1. The first-order valence-electron chi connectivity index (χ1n) is 6.25. The van der Waals surface area contributed by atoms with Gasteiger partial charge in [-0.15, -0.1) is 11.3 Å². The van der Waals surface area contributed by atoms with Crippen LogP contribution in [0.1, 0.15) is 16.3 Å². The van der Waals surface area contributed by atoms with Crippen molar-refractivity contribution in [3.8, 4) is 0 Å². The molecule has 0 saturated heterocycles. The van der Waals surface area contributed by atoms with Gasteiger partial charge in [0.1, 0.15) is 11.0 Å². The molecular weight excluding hydrogens is 258 g/mol. The lowest BCUT2D eigenvalue weighted by Gasteiger charge is -2.10. The van der Waals surface area contributed by atoms with Crippen LogP contribution in [-0.2, 0) is 17.8 Å². The Hall–Kier alpha value is -1.88. The SMILES string of the molecule is Cc1csc(CNC(=O)C2Cc3ccccc3N2)n1. The molecule has 98 valence electrons. The molecule has 2 aromatic rings. The van der Waals surface area contributed by atoms with Crippen LogP contribution in [-0.4, -0.2) is 16.9 Å². The highest BCUT2D eigenvalue weighted by Gasteiger charge is 2.25. The standard InChI is InChI=1S/C14H15N3OS/c1-9-8-19-13(16-9)7-15-14(18)12-6-10-4-2-3-5-11(10)17-12/h2-5,8,12,17H,6-7H2,1H3,(H,15,18). The number of amides is 1. The summed E-state index contributed by atoms with van der Waals surface area (Å²) in [6.07, 6.45) is 0.749. The fraction of sp³-hybridized carbons (Fsp3) is 0.286. The maximum atomic E-state index is 12.1. The molecule has 1 unspecified atom stereocenters. The Kier molecular flexibility index (Phi) is 3.21. The third-order valence-electron chi connectivity index (χ3n) is 3.17. The number of benzene rings is 1. The molecule has 3 rings (SSSR count). The van der Waals surface area contributed by atoms with Gasteiger partial charge in [-0.1, -0.05) is 18.2 Å². The van der Waals surface area contributed by atoms with Crippen LogP contribution in [0.2, 0.25) is 0 Å². The van der Waals surface area contributed by atoms with E-state index in [4.69, 9.17) is 0 Å². The zero-order valence-electron chi connectivity index (χ0n) is 10.6. The minimum Gasteiger partial charge on any atom is -0.373 e. The molecule has 0 aliphatic carbocycles. The molecule has 0 saturated carbocycles. The van der Waals surface area contributed by atoms with Gasteiger partial charge >= 0.3 is 0 Å². The second-order valence-electron chi connectivity index (χ2n) is 4.66. The maximum Gasteiger partial charge on any atom is 0.243 e. The number of nitrogens with one attached hydrogen (secondary N) is 2. The Morgan fingerprint density at radius 2 is 2.37 bits per heavy atom. The van der Waals surface area contributed by atoms with Crippen molar-refractivity contribution in [2.24, 2.45) is 0 Å². The molecule has 0 fully saturated rings. The lowest BCUT2D eigenvalue weighted by molar-refractivity contribution is -0.121. The summed E-state index contributed by atoms with van der Waals surface area (Å²) in [4.78, 5) is 16.4. The van der Waals surface area contributed by atoms with E-state index in [1.165, 1.54) is 5.56 Å². The minimum atomic E-state index is -0.168. The van der Waals surface area contributed by atoms with Crippen molar-refractivity contribution in [2.45, 2.75) is 25.9 Å². The number of fused-ring (bicyclic) bond motifs is 1. The van der Waals surface area contributed by atoms with Gasteiger partial charge in [0.05, 0.1) is 6.54 Å². The Morgan fingerprint density at radius 3 is 3.11 bits per heavy atom. The zero-order chi connectivity index (χ0) is 13.2. The second-order valence-corrected chi connectivity index (χ2v) is 5.60. The van der Waals surface area contributed by atoms with Gasteiger partial charge in [0.15, 0.2) is 0 Å². The van der Waals surface area contributed by atoms with Gasteiger partial charge in [-0.25, -0.2) is 4.98 Å². The molecule has 2 heterocycles. The van der Waals surface area contributed by atoms with Crippen LogP contribution in [0.5, 0.6) is 0 Å². The molecule has 2 N–H and O–H groups in total. The van der Waals surface area contributed by atoms with Crippen molar-refractivity contribution < 1.29 is 4.79 Å². The first kappa shape index (κ1) is 12.2. The quantitative estimate of drug-likeness (QED) is 0.900. The second kappa shape index (κ2) is 5.01. The van der Waals surface area contributed by atoms with Crippen LogP contribution in [0, 0.1) is 6.92 Å². The van der Waals surface area contributed by atoms with E-state index in [1.54, 1.807) is 11.3 Å². The summed E-state index contributed by atoms with van der Waals surface area (Å²) in [5.41, 5.74) is 3.26. The molecule has 1 aromatic heterocycles. The average molecular weight is 273 g/mol. The summed E-state index contributed by atoms with van der Waals surface area (Å²) in [6.45, 7) is 2.46. The average Bonchev–Trinajstić information content (AvgIpc) is 3.01.